The van der Waals surface area contributed by atoms with E-state index < -0.39 is 0 Å². The average Bonchev–Trinajstić information content (AvgIpc) is 2.33. The monoisotopic (exact) mass is 221 g/mol. The molecular formula is C13H19NO2. The van der Waals surface area contributed by atoms with Gasteiger partial charge in [0.05, 0.1) is 6.61 Å². The predicted molar refractivity (Wildman–Crippen MR) is 64.1 cm³/mol. The fourth-order valence-electron chi connectivity index (χ4n) is 2.19. The molecular weight excluding hydrogens is 202 g/mol. The maximum absolute atomic E-state index is 9.62. The summed E-state index contributed by atoms with van der Waals surface area (Å²) in [5.41, 5.74) is 1.26. The van der Waals surface area contributed by atoms with Crippen molar-refractivity contribution >= 4 is 0 Å². The van der Waals surface area contributed by atoms with Crippen LogP contribution in [0.3, 0.4) is 0 Å². The highest BCUT2D eigenvalue weighted by molar-refractivity contribution is 5.43. The van der Waals surface area contributed by atoms with Crippen LogP contribution in [-0.2, 0) is 0 Å². The van der Waals surface area contributed by atoms with Gasteiger partial charge < -0.3 is 15.2 Å². The third-order valence-electron chi connectivity index (χ3n) is 3.05. The highest BCUT2D eigenvalue weighted by Crippen LogP contribution is 2.32. The van der Waals surface area contributed by atoms with Gasteiger partial charge in [-0.1, -0.05) is 6.07 Å². The molecule has 1 aliphatic heterocycles. The number of hydrogen-bond donors (Lipinski definition) is 2. The minimum absolute atomic E-state index is 0.231. The molecule has 1 heterocycles. The summed E-state index contributed by atoms with van der Waals surface area (Å²) >= 11 is 0. The van der Waals surface area contributed by atoms with Crippen molar-refractivity contribution in [3.05, 3.63) is 23.8 Å². The minimum Gasteiger partial charge on any atom is -0.504 e. The molecule has 0 amide bonds. The number of aromatic hydroxyl groups is 1. The van der Waals surface area contributed by atoms with E-state index in [1.807, 2.05) is 19.1 Å². The summed E-state index contributed by atoms with van der Waals surface area (Å²) in [6.45, 7) is 4.65. The first-order valence-corrected chi connectivity index (χ1v) is 5.97. The van der Waals surface area contributed by atoms with Crippen LogP contribution in [0.15, 0.2) is 18.2 Å². The Morgan fingerprint density at radius 2 is 2.38 bits per heavy atom. The first-order chi connectivity index (χ1) is 7.81. The molecule has 1 atom stereocenters. The summed E-state index contributed by atoms with van der Waals surface area (Å²) in [6.07, 6.45) is 2.43. The highest BCUT2D eigenvalue weighted by Gasteiger charge is 2.16. The fourth-order valence-corrected chi connectivity index (χ4v) is 2.19. The maximum Gasteiger partial charge on any atom is 0.161 e. The van der Waals surface area contributed by atoms with E-state index in [-0.39, 0.29) is 5.75 Å². The lowest BCUT2D eigenvalue weighted by molar-refractivity contribution is 0.317. The third-order valence-corrected chi connectivity index (χ3v) is 3.05. The van der Waals surface area contributed by atoms with Crippen molar-refractivity contribution in [2.75, 3.05) is 19.7 Å². The normalized spacial score (nSPS) is 20.7. The van der Waals surface area contributed by atoms with E-state index in [2.05, 4.69) is 5.32 Å². The average molecular weight is 221 g/mol. The molecule has 1 unspecified atom stereocenters. The molecule has 0 radical (unpaired) electrons. The Balaban J connectivity index is 2.17. The highest BCUT2D eigenvalue weighted by atomic mass is 16.5. The zero-order chi connectivity index (χ0) is 11.4. The summed E-state index contributed by atoms with van der Waals surface area (Å²) in [4.78, 5) is 0. The van der Waals surface area contributed by atoms with Crippen molar-refractivity contribution in [2.24, 2.45) is 0 Å². The Kier molecular flexibility index (Phi) is 3.67. The largest absolute Gasteiger partial charge is 0.504 e. The molecule has 2 rings (SSSR count). The van der Waals surface area contributed by atoms with Crippen molar-refractivity contribution in [1.82, 2.24) is 5.32 Å². The lowest BCUT2D eigenvalue weighted by Gasteiger charge is -2.23. The molecule has 16 heavy (non-hydrogen) atoms. The number of phenols is 1. The molecule has 1 aromatic rings. The maximum atomic E-state index is 9.62. The second kappa shape index (κ2) is 5.21. The Morgan fingerprint density at radius 3 is 3.06 bits per heavy atom. The molecule has 2 N–H and O–H groups in total. The van der Waals surface area contributed by atoms with Gasteiger partial charge in [-0.3, -0.25) is 0 Å². The van der Waals surface area contributed by atoms with Crippen LogP contribution in [0.25, 0.3) is 0 Å². The molecule has 1 fully saturated rings. The zero-order valence-electron chi connectivity index (χ0n) is 9.70. The molecule has 0 spiro atoms. The van der Waals surface area contributed by atoms with E-state index in [0.29, 0.717) is 18.3 Å². The van der Waals surface area contributed by atoms with E-state index in [4.69, 9.17) is 4.74 Å². The molecule has 0 aliphatic carbocycles. The summed E-state index contributed by atoms with van der Waals surface area (Å²) in [6, 6.07) is 5.70. The van der Waals surface area contributed by atoms with Gasteiger partial charge in [0.2, 0.25) is 0 Å². The molecule has 0 saturated carbocycles. The summed E-state index contributed by atoms with van der Waals surface area (Å²) in [7, 11) is 0. The quantitative estimate of drug-likeness (QED) is 0.822. The van der Waals surface area contributed by atoms with E-state index in [1.165, 1.54) is 18.4 Å². The molecule has 3 heteroatoms. The Bertz CT molecular complexity index is 346. The number of phenolic OH excluding ortho intramolecular Hbond substituents is 1. The van der Waals surface area contributed by atoms with Gasteiger partial charge in [-0.05, 0) is 49.9 Å². The number of nitrogens with one attached hydrogen (secondary N) is 1. The van der Waals surface area contributed by atoms with Crippen LogP contribution in [0.1, 0.15) is 31.2 Å². The topological polar surface area (TPSA) is 41.5 Å². The molecule has 1 saturated heterocycles. The van der Waals surface area contributed by atoms with Crippen molar-refractivity contribution < 1.29 is 9.84 Å². The lowest BCUT2D eigenvalue weighted by atomic mass is 9.91. The van der Waals surface area contributed by atoms with Crippen LogP contribution in [0.5, 0.6) is 11.5 Å². The second-order valence-corrected chi connectivity index (χ2v) is 4.20. The van der Waals surface area contributed by atoms with Crippen LogP contribution in [0.4, 0.5) is 0 Å². The van der Waals surface area contributed by atoms with Crippen LogP contribution >= 0.6 is 0 Å². The Morgan fingerprint density at radius 1 is 1.50 bits per heavy atom. The van der Waals surface area contributed by atoms with Gasteiger partial charge in [0.15, 0.2) is 11.5 Å². The number of rotatable bonds is 3. The van der Waals surface area contributed by atoms with E-state index in [1.54, 1.807) is 6.07 Å². The Hall–Kier alpha value is -1.22. The molecule has 88 valence electrons. The van der Waals surface area contributed by atoms with Crippen LogP contribution in [0, 0.1) is 0 Å². The van der Waals surface area contributed by atoms with Crippen LogP contribution in [0.2, 0.25) is 0 Å². The lowest BCUT2D eigenvalue weighted by Crippen LogP contribution is -2.28. The summed E-state index contributed by atoms with van der Waals surface area (Å²) < 4.78 is 5.40. The fraction of sp³-hybridized carbons (Fsp3) is 0.538. The van der Waals surface area contributed by atoms with Gasteiger partial charge in [0.1, 0.15) is 0 Å². The van der Waals surface area contributed by atoms with Crippen molar-refractivity contribution in [3.8, 4) is 11.5 Å². The van der Waals surface area contributed by atoms with Gasteiger partial charge in [-0.15, -0.1) is 0 Å². The standard InChI is InChI=1S/C13H19NO2/c1-2-16-13-8-10(5-6-12(13)15)11-4-3-7-14-9-11/h5-6,8,11,14-15H,2-4,7,9H2,1H3. The third kappa shape index (κ3) is 2.47. The van der Waals surface area contributed by atoms with E-state index >= 15 is 0 Å². The van der Waals surface area contributed by atoms with Gasteiger partial charge in [-0.25, -0.2) is 0 Å². The van der Waals surface area contributed by atoms with E-state index in [0.717, 1.165) is 13.1 Å². The smallest absolute Gasteiger partial charge is 0.161 e. The minimum atomic E-state index is 0.231. The zero-order valence-corrected chi connectivity index (χ0v) is 9.70. The Labute approximate surface area is 96.4 Å². The van der Waals surface area contributed by atoms with Gasteiger partial charge in [0, 0.05) is 6.54 Å². The molecule has 0 bridgehead atoms. The SMILES string of the molecule is CCOc1cc(C2CCCNC2)ccc1O. The number of ether oxygens (including phenoxy) is 1. The van der Waals surface area contributed by atoms with Crippen molar-refractivity contribution in [1.29, 1.82) is 0 Å². The number of benzene rings is 1. The van der Waals surface area contributed by atoms with Gasteiger partial charge >= 0.3 is 0 Å². The summed E-state index contributed by atoms with van der Waals surface area (Å²) in [5.74, 6) is 1.38. The predicted octanol–water partition coefficient (Wildman–Crippen LogP) is 2.26. The number of piperidine rings is 1. The first-order valence-electron chi connectivity index (χ1n) is 5.97. The van der Waals surface area contributed by atoms with Crippen LogP contribution < -0.4 is 10.1 Å². The van der Waals surface area contributed by atoms with Crippen molar-refractivity contribution in [2.45, 2.75) is 25.7 Å². The first kappa shape index (κ1) is 11.3. The second-order valence-electron chi connectivity index (χ2n) is 4.20. The van der Waals surface area contributed by atoms with E-state index in [9.17, 15) is 5.11 Å². The number of hydrogen-bond acceptors (Lipinski definition) is 3. The molecule has 1 aromatic carbocycles. The van der Waals surface area contributed by atoms with Crippen LogP contribution in [-0.4, -0.2) is 24.8 Å². The molecule has 0 aromatic heterocycles. The van der Waals surface area contributed by atoms with Gasteiger partial charge in [-0.2, -0.15) is 0 Å². The molecule has 1 aliphatic rings. The van der Waals surface area contributed by atoms with Gasteiger partial charge in [0.25, 0.3) is 0 Å². The summed E-state index contributed by atoms with van der Waals surface area (Å²) in [5, 5.41) is 13.0. The van der Waals surface area contributed by atoms with Crippen molar-refractivity contribution in [3.63, 3.8) is 0 Å². The molecule has 3 nitrogen and oxygen atoms in total.